The molecule has 0 bridgehead atoms. The number of sulfone groups is 1. The third kappa shape index (κ3) is 4.93. The lowest BCUT2D eigenvalue weighted by molar-refractivity contribution is 0.602. The Morgan fingerprint density at radius 1 is 0.781 bits per heavy atom. The molecule has 0 amide bonds. The van der Waals surface area contributed by atoms with E-state index < -0.39 is 9.84 Å². The van der Waals surface area contributed by atoms with Crippen molar-refractivity contribution in [2.24, 2.45) is 0 Å². The molecule has 8 heteroatoms. The molecule has 0 N–H and O–H groups in total. The van der Waals surface area contributed by atoms with Crippen LogP contribution in [0.25, 0.3) is 0 Å². The van der Waals surface area contributed by atoms with Crippen molar-refractivity contribution in [3.63, 3.8) is 0 Å². The van der Waals surface area contributed by atoms with Crippen molar-refractivity contribution in [1.29, 1.82) is 0 Å². The van der Waals surface area contributed by atoms with Crippen LogP contribution in [0, 0.1) is 0 Å². The van der Waals surface area contributed by atoms with Gasteiger partial charge in [-0.15, -0.1) is 0 Å². The minimum atomic E-state index is -3.42. The van der Waals surface area contributed by atoms with Crippen LogP contribution in [-0.2, 0) is 9.84 Å². The SMILES string of the molecule is CS(=O)(=O)c1cccc(N(c2cc(Cl)cc(Cl)c2)C(c2cccnc2)c2cccnc2)c1. The van der Waals surface area contributed by atoms with Gasteiger partial charge in [0.15, 0.2) is 9.84 Å². The fourth-order valence-electron chi connectivity index (χ4n) is 3.56. The maximum atomic E-state index is 12.3. The lowest BCUT2D eigenvalue weighted by atomic mass is 9.98. The third-order valence-corrected chi connectivity index (χ3v) is 6.45. The first-order chi connectivity index (χ1) is 15.3. The Morgan fingerprint density at radius 2 is 1.38 bits per heavy atom. The summed E-state index contributed by atoms with van der Waals surface area (Å²) in [5, 5.41) is 0.931. The molecule has 2 heterocycles. The third-order valence-electron chi connectivity index (χ3n) is 4.91. The quantitative estimate of drug-likeness (QED) is 0.330. The summed E-state index contributed by atoms with van der Waals surface area (Å²) >= 11 is 12.7. The minimum absolute atomic E-state index is 0.212. The van der Waals surface area contributed by atoms with Crippen LogP contribution in [0.4, 0.5) is 11.4 Å². The molecule has 0 saturated carbocycles. The van der Waals surface area contributed by atoms with Crippen molar-refractivity contribution in [2.45, 2.75) is 10.9 Å². The highest BCUT2D eigenvalue weighted by Crippen LogP contribution is 2.41. The van der Waals surface area contributed by atoms with E-state index in [0.29, 0.717) is 21.4 Å². The second-order valence-corrected chi connectivity index (χ2v) is 10.1. The van der Waals surface area contributed by atoms with E-state index in [1.54, 1.807) is 61.2 Å². The van der Waals surface area contributed by atoms with Crippen LogP contribution in [0.5, 0.6) is 0 Å². The minimum Gasteiger partial charge on any atom is -0.330 e. The Morgan fingerprint density at radius 3 is 1.88 bits per heavy atom. The van der Waals surface area contributed by atoms with Gasteiger partial charge >= 0.3 is 0 Å². The summed E-state index contributed by atoms with van der Waals surface area (Å²) in [7, 11) is -3.42. The largest absolute Gasteiger partial charge is 0.330 e. The van der Waals surface area contributed by atoms with Crippen molar-refractivity contribution in [3.05, 3.63) is 113 Å². The summed E-state index contributed by atoms with van der Waals surface area (Å²) in [4.78, 5) is 10.8. The topological polar surface area (TPSA) is 63.2 Å². The van der Waals surface area contributed by atoms with Crippen LogP contribution in [0.2, 0.25) is 10.0 Å². The smallest absolute Gasteiger partial charge is 0.175 e. The Labute approximate surface area is 197 Å². The molecule has 0 saturated heterocycles. The van der Waals surface area contributed by atoms with Crippen molar-refractivity contribution in [3.8, 4) is 0 Å². The lowest BCUT2D eigenvalue weighted by Gasteiger charge is -2.34. The van der Waals surface area contributed by atoms with E-state index in [-0.39, 0.29) is 10.9 Å². The summed E-state index contributed by atoms with van der Waals surface area (Å²) in [5.74, 6) is 0. The van der Waals surface area contributed by atoms with E-state index in [0.717, 1.165) is 11.1 Å². The Balaban J connectivity index is 2.01. The highest BCUT2D eigenvalue weighted by molar-refractivity contribution is 7.90. The van der Waals surface area contributed by atoms with Crippen molar-refractivity contribution in [2.75, 3.05) is 11.2 Å². The van der Waals surface area contributed by atoms with Crippen molar-refractivity contribution >= 4 is 44.4 Å². The van der Waals surface area contributed by atoms with Crippen molar-refractivity contribution in [1.82, 2.24) is 9.97 Å². The summed E-state index contributed by atoms with van der Waals surface area (Å²) in [5.41, 5.74) is 3.14. The van der Waals surface area contributed by atoms with Gasteiger partial charge in [-0.2, -0.15) is 0 Å². The zero-order chi connectivity index (χ0) is 22.7. The van der Waals surface area contributed by atoms with Crippen LogP contribution in [-0.4, -0.2) is 24.6 Å². The zero-order valence-electron chi connectivity index (χ0n) is 17.1. The standard InChI is InChI=1S/C24H19Cl2N3O2S/c1-32(30,31)23-8-2-7-21(14-23)29(22-12-19(25)11-20(26)13-22)24(17-5-3-9-27-15-17)18-6-4-10-28-16-18/h2-16,24H,1H3. The van der Waals surface area contributed by atoms with E-state index in [9.17, 15) is 8.42 Å². The number of aromatic nitrogens is 2. The van der Waals surface area contributed by atoms with Gasteiger partial charge in [0.1, 0.15) is 0 Å². The first-order valence-corrected chi connectivity index (χ1v) is 12.3. The predicted molar refractivity (Wildman–Crippen MR) is 128 cm³/mol. The van der Waals surface area contributed by atoms with E-state index in [1.165, 1.54) is 6.26 Å². The predicted octanol–water partition coefficient (Wildman–Crippen LogP) is 6.11. The van der Waals surface area contributed by atoms with Crippen LogP contribution in [0.3, 0.4) is 0 Å². The Bertz CT molecular complexity index is 1270. The van der Waals surface area contributed by atoms with Gasteiger partial charge in [-0.1, -0.05) is 41.4 Å². The van der Waals surface area contributed by atoms with Gasteiger partial charge in [-0.05, 0) is 59.7 Å². The molecule has 2 aromatic carbocycles. The van der Waals surface area contributed by atoms with E-state index >= 15 is 0 Å². The second kappa shape index (κ2) is 9.28. The van der Waals surface area contributed by atoms with E-state index in [1.807, 2.05) is 35.2 Å². The molecular formula is C24H19Cl2N3O2S. The number of anilines is 2. The Kier molecular flexibility index (Phi) is 6.46. The van der Waals surface area contributed by atoms with Gasteiger partial charge in [0.05, 0.1) is 10.9 Å². The number of hydrogen-bond donors (Lipinski definition) is 0. The molecular weight excluding hydrogens is 465 g/mol. The molecule has 5 nitrogen and oxygen atoms in total. The first kappa shape index (κ1) is 22.3. The molecule has 32 heavy (non-hydrogen) atoms. The number of rotatable bonds is 6. The van der Waals surface area contributed by atoms with Gasteiger partial charge in [0.25, 0.3) is 0 Å². The summed E-state index contributed by atoms with van der Waals surface area (Å²) in [6.07, 6.45) is 8.14. The lowest BCUT2D eigenvalue weighted by Crippen LogP contribution is -2.25. The summed E-state index contributed by atoms with van der Waals surface area (Å²) in [6.45, 7) is 0. The van der Waals surface area contributed by atoms with Crippen LogP contribution in [0.1, 0.15) is 17.2 Å². The fourth-order valence-corrected chi connectivity index (χ4v) is 4.73. The maximum absolute atomic E-state index is 12.3. The molecule has 4 aromatic rings. The molecule has 0 unspecified atom stereocenters. The molecule has 0 aliphatic heterocycles. The zero-order valence-corrected chi connectivity index (χ0v) is 19.4. The van der Waals surface area contributed by atoms with Crippen LogP contribution in [0.15, 0.2) is 96.4 Å². The average molecular weight is 484 g/mol. The monoisotopic (exact) mass is 483 g/mol. The number of hydrogen-bond acceptors (Lipinski definition) is 5. The van der Waals surface area contributed by atoms with Gasteiger partial charge in [-0.3, -0.25) is 9.97 Å². The molecule has 0 radical (unpaired) electrons. The Hall–Kier alpha value is -2.93. The summed E-state index contributed by atoms with van der Waals surface area (Å²) in [6, 6.07) is 19.3. The van der Waals surface area contributed by atoms with Gasteiger partial charge in [0.2, 0.25) is 0 Å². The first-order valence-electron chi connectivity index (χ1n) is 9.68. The normalized spacial score (nSPS) is 11.5. The van der Waals surface area contributed by atoms with E-state index in [2.05, 4.69) is 9.97 Å². The summed E-state index contributed by atoms with van der Waals surface area (Å²) < 4.78 is 24.6. The number of benzene rings is 2. The van der Waals surface area contributed by atoms with E-state index in [4.69, 9.17) is 23.2 Å². The van der Waals surface area contributed by atoms with Crippen LogP contribution >= 0.6 is 23.2 Å². The number of nitrogens with zero attached hydrogens (tertiary/aromatic N) is 3. The number of pyridine rings is 2. The molecule has 0 aliphatic rings. The molecule has 0 aliphatic carbocycles. The van der Waals surface area contributed by atoms with Gasteiger partial charge in [0, 0.05) is 52.5 Å². The van der Waals surface area contributed by atoms with Gasteiger partial charge < -0.3 is 4.90 Å². The molecule has 0 atom stereocenters. The molecule has 2 aromatic heterocycles. The highest BCUT2D eigenvalue weighted by atomic mass is 35.5. The second-order valence-electron chi connectivity index (χ2n) is 7.24. The average Bonchev–Trinajstić information content (AvgIpc) is 2.77. The number of halogens is 2. The fraction of sp³-hybridized carbons (Fsp3) is 0.0833. The highest BCUT2D eigenvalue weighted by Gasteiger charge is 2.26. The van der Waals surface area contributed by atoms with Crippen LogP contribution < -0.4 is 4.90 Å². The molecule has 0 fully saturated rings. The molecule has 4 rings (SSSR count). The maximum Gasteiger partial charge on any atom is 0.175 e. The van der Waals surface area contributed by atoms with Crippen molar-refractivity contribution < 1.29 is 8.42 Å². The molecule has 162 valence electrons. The van der Waals surface area contributed by atoms with Gasteiger partial charge in [-0.25, -0.2) is 8.42 Å². The molecule has 0 spiro atoms.